The molecule has 1 aliphatic heterocycles. The van der Waals surface area contributed by atoms with Crippen LogP contribution in [0.4, 0.5) is 0 Å². The molecule has 1 heterocycles. The van der Waals surface area contributed by atoms with Crippen LogP contribution in [0.1, 0.15) is 40.5 Å². The second kappa shape index (κ2) is 10.3. The number of methoxy groups -OCH3 is 2. The van der Waals surface area contributed by atoms with Gasteiger partial charge < -0.3 is 27.5 Å². The second-order valence-corrected chi connectivity index (χ2v) is 8.95. The van der Waals surface area contributed by atoms with Gasteiger partial charge in [-0.15, -0.1) is 0 Å². The van der Waals surface area contributed by atoms with Crippen molar-refractivity contribution in [3.63, 3.8) is 0 Å². The van der Waals surface area contributed by atoms with Crippen molar-refractivity contribution in [3.05, 3.63) is 12.4 Å². The van der Waals surface area contributed by atoms with Gasteiger partial charge in [0, 0.05) is 65.1 Å². The Hall–Kier alpha value is -0.603. The summed E-state index contributed by atoms with van der Waals surface area (Å²) in [4.78, 5) is 0. The molecule has 0 radical (unpaired) electrons. The molecule has 0 saturated carbocycles. The first-order chi connectivity index (χ1) is 11.0. The highest BCUT2D eigenvalue weighted by molar-refractivity contribution is 6.63. The minimum absolute atomic E-state index is 0.325. The van der Waals surface area contributed by atoms with E-state index in [1.165, 1.54) is 0 Å². The summed E-state index contributed by atoms with van der Waals surface area (Å²) >= 11 is 0. The van der Waals surface area contributed by atoms with Gasteiger partial charge in [0.05, 0.1) is 0 Å². The molecule has 0 aromatic heterocycles. The van der Waals surface area contributed by atoms with Crippen LogP contribution in [0.25, 0.3) is 0 Å². The zero-order chi connectivity index (χ0) is 17.3. The molecule has 23 heavy (non-hydrogen) atoms. The van der Waals surface area contributed by atoms with Crippen molar-refractivity contribution < 1.29 is 18.3 Å². The van der Waals surface area contributed by atoms with Crippen LogP contribution in [-0.2, 0) is 18.3 Å². The fraction of sp³-hybridized carbons (Fsp3) is 0.875. The Labute approximate surface area is 142 Å². The number of ether oxygens (including phenoxy) is 2. The van der Waals surface area contributed by atoms with E-state index in [4.69, 9.17) is 18.3 Å². The number of nitrogens with zero attached hydrogens (tertiary/aromatic N) is 2. The van der Waals surface area contributed by atoms with E-state index in [-0.39, 0.29) is 0 Å². The lowest BCUT2D eigenvalue weighted by Gasteiger charge is -2.43. The Morgan fingerprint density at radius 2 is 1.13 bits per heavy atom. The first-order valence-electron chi connectivity index (χ1n) is 8.50. The van der Waals surface area contributed by atoms with Gasteiger partial charge in [-0.2, -0.15) is 0 Å². The Kier molecular flexibility index (Phi) is 9.16. The van der Waals surface area contributed by atoms with Gasteiger partial charge in [0.1, 0.15) is 0 Å². The van der Waals surface area contributed by atoms with Crippen LogP contribution in [0.15, 0.2) is 12.4 Å². The average molecular weight is 347 g/mol. The number of rotatable bonds is 12. The summed E-state index contributed by atoms with van der Waals surface area (Å²) in [6, 6.07) is 0.651. The van der Waals surface area contributed by atoms with Gasteiger partial charge in [0.2, 0.25) is 0 Å². The molecule has 0 aromatic rings. The lowest BCUT2D eigenvalue weighted by molar-refractivity contribution is 0.0607. The first-order valence-corrected chi connectivity index (χ1v) is 10.2. The molecule has 0 aromatic carbocycles. The van der Waals surface area contributed by atoms with E-state index in [1.54, 1.807) is 14.2 Å². The molecule has 0 fully saturated rings. The molecular formula is C16H34N2O4Si. The molecule has 1 rings (SSSR count). The predicted octanol–water partition coefficient (Wildman–Crippen LogP) is 2.43. The molecule has 0 unspecified atom stereocenters. The number of hydrogen-bond acceptors (Lipinski definition) is 6. The Morgan fingerprint density at radius 1 is 0.739 bits per heavy atom. The minimum atomic E-state index is -2.67. The predicted molar refractivity (Wildman–Crippen MR) is 93.7 cm³/mol. The van der Waals surface area contributed by atoms with Crippen molar-refractivity contribution in [3.8, 4) is 0 Å². The van der Waals surface area contributed by atoms with E-state index < -0.39 is 8.88 Å². The third-order valence-corrected chi connectivity index (χ3v) is 7.52. The quantitative estimate of drug-likeness (QED) is 0.399. The van der Waals surface area contributed by atoms with Crippen LogP contribution in [0, 0.1) is 0 Å². The summed E-state index contributed by atoms with van der Waals surface area (Å²) in [5, 5.41) is 0. The van der Waals surface area contributed by atoms with E-state index in [1.807, 2.05) is 0 Å². The van der Waals surface area contributed by atoms with Crippen LogP contribution in [0.2, 0.25) is 0 Å². The summed E-state index contributed by atoms with van der Waals surface area (Å²) in [7, 11) is 0.756. The highest BCUT2D eigenvalue weighted by Gasteiger charge is 2.56. The average Bonchev–Trinajstić information content (AvgIpc) is 2.88. The van der Waals surface area contributed by atoms with Gasteiger partial charge in [-0.05, 0) is 40.5 Å². The number of hydrogen-bond donors (Lipinski definition) is 0. The largest absolute Gasteiger partial charge is 0.588 e. The maximum atomic E-state index is 6.41. The molecule has 0 atom stereocenters. The van der Waals surface area contributed by atoms with Gasteiger partial charge >= 0.3 is 8.88 Å². The molecule has 1 aliphatic rings. The Morgan fingerprint density at radius 3 is 1.43 bits per heavy atom. The normalized spacial score (nSPS) is 17.0. The van der Waals surface area contributed by atoms with E-state index in [9.17, 15) is 0 Å². The van der Waals surface area contributed by atoms with E-state index in [2.05, 4.69) is 49.2 Å². The molecule has 136 valence electrons. The SMILES string of the molecule is COCCCO[Si]1(OCCCOC)N(C(C)C)C=CN1C(C)C. The van der Waals surface area contributed by atoms with Crippen molar-refractivity contribution in [1.82, 2.24) is 9.13 Å². The van der Waals surface area contributed by atoms with Crippen molar-refractivity contribution >= 4 is 8.88 Å². The molecule has 6 nitrogen and oxygen atoms in total. The molecule has 0 N–H and O–H groups in total. The van der Waals surface area contributed by atoms with Crippen LogP contribution < -0.4 is 0 Å². The summed E-state index contributed by atoms with van der Waals surface area (Å²) in [5.74, 6) is 0. The summed E-state index contributed by atoms with van der Waals surface area (Å²) in [6.45, 7) is 11.4. The molecule has 0 spiro atoms. The zero-order valence-corrected chi connectivity index (χ0v) is 16.6. The third kappa shape index (κ3) is 5.46. The van der Waals surface area contributed by atoms with E-state index >= 15 is 0 Å². The fourth-order valence-corrected chi connectivity index (χ4v) is 6.20. The summed E-state index contributed by atoms with van der Waals surface area (Å²) in [6.07, 6.45) is 5.96. The lowest BCUT2D eigenvalue weighted by atomic mass is 10.4. The standard InChI is InChI=1S/C16H34N2O4Si/c1-15(2)17-9-10-18(16(3)4)23(17,21-13-7-11-19-5)22-14-8-12-20-6/h9-10,15-16H,7-8,11-14H2,1-6H3. The van der Waals surface area contributed by atoms with Crippen molar-refractivity contribution in [2.24, 2.45) is 0 Å². The van der Waals surface area contributed by atoms with Crippen molar-refractivity contribution in [1.29, 1.82) is 0 Å². The first kappa shape index (κ1) is 20.4. The van der Waals surface area contributed by atoms with Crippen LogP contribution in [0.3, 0.4) is 0 Å². The molecule has 7 heteroatoms. The molecule has 0 aliphatic carbocycles. The van der Waals surface area contributed by atoms with Crippen LogP contribution >= 0.6 is 0 Å². The smallest absolute Gasteiger partial charge is 0.385 e. The maximum Gasteiger partial charge on any atom is 0.588 e. The highest BCUT2D eigenvalue weighted by atomic mass is 28.4. The van der Waals surface area contributed by atoms with E-state index in [0.717, 1.165) is 12.8 Å². The van der Waals surface area contributed by atoms with Gasteiger partial charge in [-0.1, -0.05) is 0 Å². The van der Waals surface area contributed by atoms with Gasteiger partial charge in [0.25, 0.3) is 0 Å². The van der Waals surface area contributed by atoms with Crippen LogP contribution in [0.5, 0.6) is 0 Å². The fourth-order valence-electron chi connectivity index (χ4n) is 2.62. The highest BCUT2D eigenvalue weighted by Crippen LogP contribution is 2.30. The minimum Gasteiger partial charge on any atom is -0.385 e. The molecule has 0 bridgehead atoms. The summed E-state index contributed by atoms with van der Waals surface area (Å²) < 4.78 is 27.6. The zero-order valence-electron chi connectivity index (χ0n) is 15.6. The van der Waals surface area contributed by atoms with Crippen molar-refractivity contribution in [2.45, 2.75) is 52.6 Å². The lowest BCUT2D eigenvalue weighted by Crippen LogP contribution is -2.67. The molecular weight excluding hydrogens is 312 g/mol. The third-order valence-electron chi connectivity index (χ3n) is 3.72. The topological polar surface area (TPSA) is 43.4 Å². The van der Waals surface area contributed by atoms with Gasteiger partial charge in [-0.25, -0.2) is 0 Å². The monoisotopic (exact) mass is 346 g/mol. The molecule has 0 saturated heterocycles. The van der Waals surface area contributed by atoms with Crippen molar-refractivity contribution in [2.75, 3.05) is 40.6 Å². The second-order valence-electron chi connectivity index (χ2n) is 6.24. The van der Waals surface area contributed by atoms with E-state index in [0.29, 0.717) is 38.5 Å². The maximum absolute atomic E-state index is 6.41. The Bertz CT molecular complexity index is 321. The van der Waals surface area contributed by atoms with Crippen LogP contribution in [-0.4, -0.2) is 70.7 Å². The Balaban J connectivity index is 2.86. The van der Waals surface area contributed by atoms with Gasteiger partial charge in [0.15, 0.2) is 0 Å². The molecule has 0 amide bonds. The van der Waals surface area contributed by atoms with Gasteiger partial charge in [-0.3, -0.25) is 0 Å². The summed E-state index contributed by atoms with van der Waals surface area (Å²) in [5.41, 5.74) is 0.